The topological polar surface area (TPSA) is 95.4 Å². The third kappa shape index (κ3) is 3.78. The lowest BCUT2D eigenvalue weighted by Gasteiger charge is -2.11. The maximum absolute atomic E-state index is 13.1. The minimum atomic E-state index is -4.80. The molecule has 0 amide bonds. The van der Waals surface area contributed by atoms with Crippen LogP contribution < -0.4 is 5.73 Å². The Bertz CT molecular complexity index is 953. The highest BCUT2D eigenvalue weighted by atomic mass is 35.5. The summed E-state index contributed by atoms with van der Waals surface area (Å²) in [6.07, 6.45) is -4.80. The molecule has 0 fully saturated rings. The summed E-state index contributed by atoms with van der Waals surface area (Å²) in [7, 11) is 0. The first-order valence-electron chi connectivity index (χ1n) is 7.45. The number of fused-ring (bicyclic) bond motifs is 1. The van der Waals surface area contributed by atoms with Crippen molar-refractivity contribution in [1.29, 1.82) is 0 Å². The highest BCUT2D eigenvalue weighted by molar-refractivity contribution is 8.08. The van der Waals surface area contributed by atoms with Gasteiger partial charge in [0.2, 0.25) is 5.16 Å². The molecule has 1 aliphatic heterocycles. The van der Waals surface area contributed by atoms with Crippen LogP contribution in [-0.2, 0) is 15.7 Å². The monoisotopic (exact) mass is 417 g/mol. The normalized spacial score (nSPS) is 14.5. The smallest absolute Gasteiger partial charge is 0.453 e. The molecule has 1 aromatic heterocycles. The second-order valence-electron chi connectivity index (χ2n) is 5.13. The number of ether oxygens (including phenoxy) is 1. The molecule has 0 atom stereocenters. The number of carbonyl (C=O) groups excluding carboxylic acids is 1. The Balaban J connectivity index is 2.21. The number of nitrogens with two attached hydrogens (primary N) is 1. The summed E-state index contributed by atoms with van der Waals surface area (Å²) >= 11 is 6.65. The van der Waals surface area contributed by atoms with Crippen LogP contribution in [-0.4, -0.2) is 33.3 Å². The predicted molar refractivity (Wildman–Crippen MR) is 92.9 cm³/mol. The second kappa shape index (κ2) is 7.24. The van der Waals surface area contributed by atoms with Gasteiger partial charge in [0.25, 0.3) is 5.82 Å². The van der Waals surface area contributed by atoms with Crippen molar-refractivity contribution in [3.8, 4) is 0 Å². The van der Waals surface area contributed by atoms with Gasteiger partial charge in [-0.05, 0) is 36.4 Å². The van der Waals surface area contributed by atoms with Gasteiger partial charge in [-0.1, -0.05) is 23.7 Å². The van der Waals surface area contributed by atoms with Crippen molar-refractivity contribution in [2.24, 2.45) is 10.8 Å². The van der Waals surface area contributed by atoms with Gasteiger partial charge < -0.3 is 10.5 Å². The van der Waals surface area contributed by atoms with Gasteiger partial charge in [0.15, 0.2) is 5.84 Å². The molecule has 3 rings (SSSR count). The van der Waals surface area contributed by atoms with Crippen LogP contribution >= 0.6 is 23.4 Å². The number of aromatic nitrogens is 3. The lowest BCUT2D eigenvalue weighted by atomic mass is 10.1. The molecule has 142 valence electrons. The highest BCUT2D eigenvalue weighted by Gasteiger charge is 2.40. The summed E-state index contributed by atoms with van der Waals surface area (Å²) in [6, 6.07) is 6.32. The zero-order valence-electron chi connectivity index (χ0n) is 13.6. The Labute approximate surface area is 160 Å². The molecule has 2 N–H and O–H groups in total. The molecule has 0 saturated heterocycles. The highest BCUT2D eigenvalue weighted by Crippen LogP contribution is 2.40. The molecule has 0 unspecified atom stereocenters. The average molecular weight is 418 g/mol. The summed E-state index contributed by atoms with van der Waals surface area (Å²) in [5, 5.41) is 10.6. The number of hydrogen-bond donors (Lipinski definition) is 1. The van der Waals surface area contributed by atoms with Crippen LogP contribution in [0.15, 0.2) is 40.1 Å². The van der Waals surface area contributed by atoms with Crippen LogP contribution in [0.1, 0.15) is 18.3 Å². The summed E-state index contributed by atoms with van der Waals surface area (Å²) in [5.74, 6) is -2.62. The number of nitrogens with zero attached hydrogens (tertiary/aromatic N) is 4. The van der Waals surface area contributed by atoms with E-state index in [1.165, 1.54) is 0 Å². The van der Waals surface area contributed by atoms with E-state index in [0.717, 1.165) is 11.8 Å². The van der Waals surface area contributed by atoms with Crippen molar-refractivity contribution >= 4 is 40.1 Å². The Kier molecular flexibility index (Phi) is 5.16. The van der Waals surface area contributed by atoms with E-state index in [-0.39, 0.29) is 22.2 Å². The summed E-state index contributed by atoms with van der Waals surface area (Å²) in [4.78, 5) is 12.6. The van der Waals surface area contributed by atoms with Crippen LogP contribution in [0.3, 0.4) is 0 Å². The molecule has 27 heavy (non-hydrogen) atoms. The van der Waals surface area contributed by atoms with Crippen molar-refractivity contribution in [2.75, 3.05) is 6.61 Å². The third-order valence-electron chi connectivity index (χ3n) is 3.34. The summed E-state index contributed by atoms with van der Waals surface area (Å²) in [6.45, 7) is 1.64. The number of halogens is 4. The Hall–Kier alpha value is -2.53. The first-order chi connectivity index (χ1) is 12.7. The van der Waals surface area contributed by atoms with E-state index in [2.05, 4.69) is 15.3 Å². The van der Waals surface area contributed by atoms with E-state index >= 15 is 0 Å². The minimum Gasteiger partial charge on any atom is -0.462 e. The molecular weight excluding hydrogens is 407 g/mol. The fourth-order valence-corrected chi connectivity index (χ4v) is 3.37. The molecule has 0 bridgehead atoms. The molecule has 2 heterocycles. The standard InChI is InChI=1S/C15H11ClF3N5O2S/c1-2-26-12(25)9-10(7-3-5-8(16)6-4-7)27-14-22-21-13(15(17,18)19)24(14)23-11(9)20/h3-6H,2H2,1H3,(H2,20,23). The number of thioether (sulfide) groups is 1. The van der Waals surface area contributed by atoms with Gasteiger partial charge in [0.05, 0.1) is 6.61 Å². The van der Waals surface area contributed by atoms with Crippen molar-refractivity contribution in [3.05, 3.63) is 46.2 Å². The molecule has 2 aromatic rings. The van der Waals surface area contributed by atoms with Gasteiger partial charge >= 0.3 is 12.1 Å². The van der Waals surface area contributed by atoms with Crippen LogP contribution in [0.2, 0.25) is 5.02 Å². The van der Waals surface area contributed by atoms with Crippen molar-refractivity contribution in [1.82, 2.24) is 14.9 Å². The fourth-order valence-electron chi connectivity index (χ4n) is 2.22. The number of benzene rings is 1. The van der Waals surface area contributed by atoms with Crippen molar-refractivity contribution < 1.29 is 22.7 Å². The Morgan fingerprint density at radius 2 is 1.96 bits per heavy atom. The molecule has 0 saturated carbocycles. The first kappa shape index (κ1) is 19.2. The van der Waals surface area contributed by atoms with E-state index in [1.807, 2.05) is 0 Å². The molecule has 0 radical (unpaired) electrons. The lowest BCUT2D eigenvalue weighted by molar-refractivity contribution is -0.147. The van der Waals surface area contributed by atoms with E-state index in [4.69, 9.17) is 22.1 Å². The molecular formula is C15H11ClF3N5O2S. The van der Waals surface area contributed by atoms with Gasteiger partial charge in [-0.3, -0.25) is 0 Å². The quantitative estimate of drug-likeness (QED) is 0.771. The van der Waals surface area contributed by atoms with Gasteiger partial charge in [0.1, 0.15) is 5.57 Å². The van der Waals surface area contributed by atoms with E-state index in [9.17, 15) is 18.0 Å². The van der Waals surface area contributed by atoms with Gasteiger partial charge in [-0.25, -0.2) is 4.79 Å². The van der Waals surface area contributed by atoms with E-state index < -0.39 is 23.8 Å². The predicted octanol–water partition coefficient (Wildman–Crippen LogP) is 3.15. The first-order valence-corrected chi connectivity index (χ1v) is 8.64. The number of rotatable bonds is 3. The van der Waals surface area contributed by atoms with E-state index in [0.29, 0.717) is 15.3 Å². The number of hydrogen-bond acceptors (Lipinski definition) is 7. The minimum absolute atomic E-state index is 0.0497. The lowest BCUT2D eigenvalue weighted by Crippen LogP contribution is -2.25. The molecule has 7 nitrogen and oxygen atoms in total. The Morgan fingerprint density at radius 3 is 2.56 bits per heavy atom. The van der Waals surface area contributed by atoms with Gasteiger partial charge in [-0.15, -0.1) is 15.3 Å². The third-order valence-corrected chi connectivity index (χ3v) is 4.67. The second-order valence-corrected chi connectivity index (χ2v) is 6.55. The molecule has 1 aromatic carbocycles. The number of carbonyl (C=O) groups is 1. The zero-order chi connectivity index (χ0) is 19.8. The molecule has 0 aliphatic carbocycles. The molecule has 1 aliphatic rings. The molecule has 12 heteroatoms. The van der Waals surface area contributed by atoms with Gasteiger partial charge in [-0.2, -0.15) is 17.8 Å². The van der Waals surface area contributed by atoms with Crippen LogP contribution in [0.25, 0.3) is 4.91 Å². The SMILES string of the molecule is CCOC(=O)C1=C(c2ccc(Cl)cc2)Sc2nnc(C(F)(F)F)n2N=C1N. The average Bonchev–Trinajstić information content (AvgIpc) is 2.91. The number of alkyl halides is 3. The summed E-state index contributed by atoms with van der Waals surface area (Å²) < 4.78 is 44.9. The van der Waals surface area contributed by atoms with Crippen molar-refractivity contribution in [3.63, 3.8) is 0 Å². The number of esters is 1. The van der Waals surface area contributed by atoms with Crippen LogP contribution in [0.5, 0.6) is 0 Å². The zero-order valence-corrected chi connectivity index (χ0v) is 15.2. The maximum atomic E-state index is 13.1. The van der Waals surface area contributed by atoms with Crippen molar-refractivity contribution in [2.45, 2.75) is 18.3 Å². The molecule has 0 spiro atoms. The maximum Gasteiger partial charge on any atom is 0.453 e. The van der Waals surface area contributed by atoms with Crippen LogP contribution in [0.4, 0.5) is 13.2 Å². The summed E-state index contributed by atoms with van der Waals surface area (Å²) in [5.41, 5.74) is 6.18. The largest absolute Gasteiger partial charge is 0.462 e. The Morgan fingerprint density at radius 1 is 1.30 bits per heavy atom. The number of amidine groups is 1. The van der Waals surface area contributed by atoms with Gasteiger partial charge in [0, 0.05) is 9.93 Å². The fraction of sp³-hybridized carbons (Fsp3) is 0.200. The van der Waals surface area contributed by atoms with Crippen LogP contribution in [0, 0.1) is 0 Å². The van der Waals surface area contributed by atoms with E-state index in [1.54, 1.807) is 31.2 Å².